The molecule has 0 atom stereocenters. The van der Waals surface area contributed by atoms with E-state index >= 15 is 0 Å². The number of aromatic nitrogens is 2. The maximum atomic E-state index is 12.5. The van der Waals surface area contributed by atoms with Gasteiger partial charge in [0.2, 0.25) is 11.9 Å². The Balaban J connectivity index is 1.51. The fourth-order valence-electron chi connectivity index (χ4n) is 3.72. The van der Waals surface area contributed by atoms with Crippen LogP contribution in [-0.2, 0) is 4.79 Å². The summed E-state index contributed by atoms with van der Waals surface area (Å²) in [5.74, 6) is 0.490. The molecule has 0 unspecified atom stereocenters. The fraction of sp³-hybridized carbons (Fsp3) is 0.292. The minimum Gasteiger partial charge on any atom is -0.393 e. The zero-order valence-corrected chi connectivity index (χ0v) is 18.4. The number of anilines is 2. The van der Waals surface area contributed by atoms with E-state index in [9.17, 15) is 9.90 Å². The number of aryl methyl sites for hydroxylation is 1. The minimum absolute atomic E-state index is 0.200. The summed E-state index contributed by atoms with van der Waals surface area (Å²) >= 11 is 5.93. The molecule has 1 aliphatic rings. The summed E-state index contributed by atoms with van der Waals surface area (Å²) in [6, 6.07) is 13.0. The third-order valence-corrected chi connectivity index (χ3v) is 5.79. The highest BCUT2D eigenvalue weighted by Gasteiger charge is 2.20. The van der Waals surface area contributed by atoms with Gasteiger partial charge in [-0.1, -0.05) is 23.7 Å². The highest BCUT2D eigenvalue weighted by molar-refractivity contribution is 6.30. The van der Waals surface area contributed by atoms with E-state index in [1.54, 1.807) is 18.2 Å². The number of fused-ring (bicyclic) bond motifs is 1. The number of hydrogen-bond donors (Lipinski definition) is 2. The Morgan fingerprint density at radius 1 is 1.16 bits per heavy atom. The van der Waals surface area contributed by atoms with Crippen molar-refractivity contribution in [1.82, 2.24) is 9.97 Å². The quantitative estimate of drug-likeness (QED) is 0.584. The van der Waals surface area contributed by atoms with Crippen molar-refractivity contribution in [2.45, 2.75) is 32.8 Å². The van der Waals surface area contributed by atoms with Crippen molar-refractivity contribution >= 4 is 45.6 Å². The highest BCUT2D eigenvalue weighted by Crippen LogP contribution is 2.25. The molecule has 7 heteroatoms. The van der Waals surface area contributed by atoms with Crippen molar-refractivity contribution in [2.24, 2.45) is 0 Å². The molecule has 1 saturated heterocycles. The third-order valence-electron chi connectivity index (χ3n) is 5.54. The maximum Gasteiger partial charge on any atom is 0.248 e. The van der Waals surface area contributed by atoms with Gasteiger partial charge in [0, 0.05) is 35.3 Å². The van der Waals surface area contributed by atoms with E-state index in [2.05, 4.69) is 15.2 Å². The molecule has 6 nitrogen and oxygen atoms in total. The first-order valence-electron chi connectivity index (χ1n) is 10.4. The van der Waals surface area contributed by atoms with Crippen LogP contribution in [0.25, 0.3) is 16.5 Å². The van der Waals surface area contributed by atoms with Gasteiger partial charge >= 0.3 is 0 Å². The average Bonchev–Trinajstić information content (AvgIpc) is 2.75. The lowest BCUT2D eigenvalue weighted by Gasteiger charge is -2.29. The highest BCUT2D eigenvalue weighted by atomic mass is 35.5. The van der Waals surface area contributed by atoms with Crippen molar-refractivity contribution in [1.29, 1.82) is 0 Å². The molecule has 2 aromatic carbocycles. The van der Waals surface area contributed by atoms with E-state index < -0.39 is 0 Å². The summed E-state index contributed by atoms with van der Waals surface area (Å²) < 4.78 is 0. The van der Waals surface area contributed by atoms with Gasteiger partial charge in [-0.05, 0) is 68.2 Å². The number of hydrogen-bond acceptors (Lipinski definition) is 5. The zero-order valence-electron chi connectivity index (χ0n) is 17.6. The Morgan fingerprint density at radius 3 is 2.58 bits per heavy atom. The lowest BCUT2D eigenvalue weighted by molar-refractivity contribution is -0.111. The van der Waals surface area contributed by atoms with Crippen molar-refractivity contribution in [3.8, 4) is 0 Å². The van der Waals surface area contributed by atoms with E-state index in [1.165, 1.54) is 0 Å². The standard InChI is InChI=1S/C24H25ClN4O2/c1-15(17-3-5-18(25)6-4-17)13-23(31)27-19-7-8-22-21(14-19)16(2)26-24(28-22)29-11-9-20(30)10-12-29/h3-8,13-14,20,30H,9-12H2,1-2H3,(H,27,31)/b15-13+. The van der Waals surface area contributed by atoms with Gasteiger partial charge in [0.25, 0.3) is 0 Å². The Kier molecular flexibility index (Phi) is 6.20. The molecular weight excluding hydrogens is 412 g/mol. The molecule has 0 saturated carbocycles. The van der Waals surface area contributed by atoms with Crippen LogP contribution in [0.1, 0.15) is 31.0 Å². The number of nitrogens with one attached hydrogen (secondary N) is 1. The predicted octanol–water partition coefficient (Wildman–Crippen LogP) is 4.59. The summed E-state index contributed by atoms with van der Waals surface area (Å²) in [5, 5.41) is 14.2. The predicted molar refractivity (Wildman–Crippen MR) is 125 cm³/mol. The normalized spacial score (nSPS) is 15.4. The fourth-order valence-corrected chi connectivity index (χ4v) is 3.85. The van der Waals surface area contributed by atoms with E-state index in [4.69, 9.17) is 16.6 Å². The summed E-state index contributed by atoms with van der Waals surface area (Å²) in [4.78, 5) is 24.0. The van der Waals surface area contributed by atoms with Gasteiger partial charge in [-0.3, -0.25) is 4.79 Å². The molecule has 0 radical (unpaired) electrons. The number of carbonyl (C=O) groups excluding carboxylic acids is 1. The van der Waals surface area contributed by atoms with Crippen LogP contribution in [0.15, 0.2) is 48.5 Å². The van der Waals surface area contributed by atoms with Crippen LogP contribution < -0.4 is 10.2 Å². The smallest absolute Gasteiger partial charge is 0.248 e. The zero-order chi connectivity index (χ0) is 22.0. The van der Waals surface area contributed by atoms with Gasteiger partial charge in [0.1, 0.15) is 0 Å². The molecule has 0 spiro atoms. The molecule has 4 rings (SSSR count). The summed E-state index contributed by atoms with van der Waals surface area (Å²) in [7, 11) is 0. The summed E-state index contributed by atoms with van der Waals surface area (Å²) in [6.45, 7) is 5.34. The van der Waals surface area contributed by atoms with Crippen LogP contribution in [-0.4, -0.2) is 40.2 Å². The van der Waals surface area contributed by atoms with Gasteiger partial charge in [0.15, 0.2) is 0 Å². The molecule has 1 fully saturated rings. The van der Waals surface area contributed by atoms with E-state index in [-0.39, 0.29) is 12.0 Å². The van der Waals surface area contributed by atoms with E-state index in [0.29, 0.717) is 16.7 Å². The second kappa shape index (κ2) is 9.04. The van der Waals surface area contributed by atoms with Gasteiger partial charge < -0.3 is 15.3 Å². The number of piperidine rings is 1. The second-order valence-electron chi connectivity index (χ2n) is 7.88. The van der Waals surface area contributed by atoms with Gasteiger partial charge in [-0.15, -0.1) is 0 Å². The van der Waals surface area contributed by atoms with E-state index in [0.717, 1.165) is 53.7 Å². The van der Waals surface area contributed by atoms with E-state index in [1.807, 2.05) is 44.2 Å². The lowest BCUT2D eigenvalue weighted by Crippen LogP contribution is -2.36. The summed E-state index contributed by atoms with van der Waals surface area (Å²) in [5.41, 5.74) is 4.18. The minimum atomic E-state index is -0.235. The number of halogens is 1. The SMILES string of the molecule is C/C(=C\C(=O)Nc1ccc2nc(N3CCC(O)CC3)nc(C)c2c1)c1ccc(Cl)cc1. The van der Waals surface area contributed by atoms with Gasteiger partial charge in [-0.25, -0.2) is 9.97 Å². The number of allylic oxidation sites excluding steroid dienone is 1. The van der Waals surface area contributed by atoms with Gasteiger partial charge in [0.05, 0.1) is 17.3 Å². The molecule has 0 aliphatic carbocycles. The Bertz CT molecular complexity index is 1140. The monoisotopic (exact) mass is 436 g/mol. The van der Waals surface area contributed by atoms with Crippen molar-refractivity contribution in [3.63, 3.8) is 0 Å². The van der Waals surface area contributed by atoms with Crippen LogP contribution in [0, 0.1) is 6.92 Å². The van der Waals surface area contributed by atoms with Crippen LogP contribution in [0.2, 0.25) is 5.02 Å². The molecule has 0 bridgehead atoms. The molecule has 1 aromatic heterocycles. The maximum absolute atomic E-state index is 12.5. The number of amides is 1. The topological polar surface area (TPSA) is 78.4 Å². The Morgan fingerprint density at radius 2 is 1.87 bits per heavy atom. The van der Waals surface area contributed by atoms with Crippen LogP contribution in [0.4, 0.5) is 11.6 Å². The number of rotatable bonds is 4. The Labute approximate surface area is 186 Å². The molecule has 3 aromatic rings. The van der Waals surface area contributed by atoms with Gasteiger partial charge in [-0.2, -0.15) is 0 Å². The molecule has 2 N–H and O–H groups in total. The number of benzene rings is 2. The first kappa shape index (κ1) is 21.3. The molecular formula is C24H25ClN4O2. The number of nitrogens with zero attached hydrogens (tertiary/aromatic N) is 3. The second-order valence-corrected chi connectivity index (χ2v) is 8.32. The van der Waals surface area contributed by atoms with Crippen molar-refractivity contribution in [3.05, 3.63) is 64.8 Å². The molecule has 2 heterocycles. The first-order chi connectivity index (χ1) is 14.9. The largest absolute Gasteiger partial charge is 0.393 e. The van der Waals surface area contributed by atoms with Crippen LogP contribution >= 0.6 is 11.6 Å². The average molecular weight is 437 g/mol. The van der Waals surface area contributed by atoms with Crippen molar-refractivity contribution < 1.29 is 9.90 Å². The van der Waals surface area contributed by atoms with Crippen LogP contribution in [0.3, 0.4) is 0 Å². The molecule has 31 heavy (non-hydrogen) atoms. The number of aliphatic hydroxyl groups is 1. The Hall–Kier alpha value is -2.96. The molecule has 160 valence electrons. The molecule has 1 amide bonds. The lowest BCUT2D eigenvalue weighted by atomic mass is 10.1. The number of carbonyl (C=O) groups is 1. The van der Waals surface area contributed by atoms with Crippen LogP contribution in [0.5, 0.6) is 0 Å². The molecule has 1 aliphatic heterocycles. The third kappa shape index (κ3) is 5.03. The van der Waals surface area contributed by atoms with Crippen molar-refractivity contribution in [2.75, 3.05) is 23.3 Å². The number of aliphatic hydroxyl groups excluding tert-OH is 1. The first-order valence-corrected chi connectivity index (χ1v) is 10.7. The summed E-state index contributed by atoms with van der Waals surface area (Å²) in [6.07, 6.45) is 2.80.